The number of aromatic nitrogens is 2. The quantitative estimate of drug-likeness (QED) is 0.434. The molecule has 2 amide bonds. The Balaban J connectivity index is 2.31. The number of rotatable bonds is 9. The lowest BCUT2D eigenvalue weighted by Gasteiger charge is -2.24. The van der Waals surface area contributed by atoms with Crippen LogP contribution in [0.4, 0.5) is 5.82 Å². The summed E-state index contributed by atoms with van der Waals surface area (Å²) in [6.45, 7) is 10.6. The van der Waals surface area contributed by atoms with Crippen molar-refractivity contribution in [2.75, 3.05) is 24.3 Å². The summed E-state index contributed by atoms with van der Waals surface area (Å²) >= 11 is 18.0. The van der Waals surface area contributed by atoms with Crippen molar-refractivity contribution < 1.29 is 9.59 Å². The lowest BCUT2D eigenvalue weighted by molar-refractivity contribution is -0.135. The van der Waals surface area contributed by atoms with Crippen molar-refractivity contribution >= 4 is 52.4 Å². The van der Waals surface area contributed by atoms with Crippen molar-refractivity contribution in [3.05, 3.63) is 40.0 Å². The van der Waals surface area contributed by atoms with Gasteiger partial charge in [-0.2, -0.15) is 5.10 Å². The molecule has 0 bridgehead atoms. The number of carbonyl (C=O) groups is 2. The first kappa shape index (κ1) is 26.5. The standard InChI is InChI=1S/C23H31Cl3N4O2/c1-15(2)13-29(22(32)7-6-10-24)14-21(31)27-20-12-19(23(3,4)5)28-30(20)16-8-9-17(25)18(26)11-16/h8-9,11-12,15H,6-7,10,13-14H2,1-5H3,(H,27,31). The normalized spacial score (nSPS) is 11.7. The second-order valence-electron chi connectivity index (χ2n) is 9.18. The van der Waals surface area contributed by atoms with E-state index >= 15 is 0 Å². The van der Waals surface area contributed by atoms with E-state index < -0.39 is 0 Å². The topological polar surface area (TPSA) is 67.2 Å². The van der Waals surface area contributed by atoms with E-state index in [1.807, 2.05) is 40.7 Å². The Labute approximate surface area is 205 Å². The number of alkyl halides is 1. The SMILES string of the molecule is CC(C)CN(CC(=O)Nc1cc(C(C)(C)C)nn1-c1ccc(Cl)c(Cl)c1)C(=O)CCCCl. The second kappa shape index (κ2) is 11.4. The highest BCUT2D eigenvalue weighted by atomic mass is 35.5. The number of carbonyl (C=O) groups excluding carboxylic acids is 2. The van der Waals surface area contributed by atoms with E-state index in [0.717, 1.165) is 5.69 Å². The fourth-order valence-electron chi connectivity index (χ4n) is 3.08. The Morgan fingerprint density at radius 3 is 2.41 bits per heavy atom. The van der Waals surface area contributed by atoms with Crippen LogP contribution in [-0.4, -0.2) is 45.5 Å². The summed E-state index contributed by atoms with van der Waals surface area (Å²) in [6.07, 6.45) is 0.897. The molecule has 0 saturated carbocycles. The molecule has 32 heavy (non-hydrogen) atoms. The summed E-state index contributed by atoms with van der Waals surface area (Å²) < 4.78 is 1.63. The first-order valence-electron chi connectivity index (χ1n) is 10.6. The number of anilines is 1. The van der Waals surface area contributed by atoms with Crippen LogP contribution < -0.4 is 5.32 Å². The average molecular weight is 502 g/mol. The Kier molecular flexibility index (Phi) is 9.43. The van der Waals surface area contributed by atoms with E-state index in [1.54, 1.807) is 27.8 Å². The predicted octanol–water partition coefficient (Wildman–Crippen LogP) is 5.92. The number of nitrogens with one attached hydrogen (secondary N) is 1. The smallest absolute Gasteiger partial charge is 0.245 e. The van der Waals surface area contributed by atoms with E-state index in [9.17, 15) is 9.59 Å². The minimum Gasteiger partial charge on any atom is -0.333 e. The van der Waals surface area contributed by atoms with Crippen LogP contribution in [0.3, 0.4) is 0 Å². The van der Waals surface area contributed by atoms with Crippen molar-refractivity contribution in [3.8, 4) is 5.69 Å². The van der Waals surface area contributed by atoms with Crippen molar-refractivity contribution in [1.82, 2.24) is 14.7 Å². The minimum absolute atomic E-state index is 0.0449. The van der Waals surface area contributed by atoms with Crippen LogP contribution in [0.5, 0.6) is 0 Å². The zero-order valence-electron chi connectivity index (χ0n) is 19.2. The van der Waals surface area contributed by atoms with Gasteiger partial charge in [0.1, 0.15) is 5.82 Å². The number of hydrogen-bond donors (Lipinski definition) is 1. The molecule has 0 aliphatic heterocycles. The third-order valence-electron chi connectivity index (χ3n) is 4.69. The maximum atomic E-state index is 12.9. The van der Waals surface area contributed by atoms with E-state index in [4.69, 9.17) is 34.8 Å². The zero-order valence-corrected chi connectivity index (χ0v) is 21.5. The van der Waals surface area contributed by atoms with Gasteiger partial charge in [0.25, 0.3) is 0 Å². The number of hydrogen-bond acceptors (Lipinski definition) is 3. The lowest BCUT2D eigenvalue weighted by atomic mass is 9.92. The maximum absolute atomic E-state index is 12.9. The molecule has 0 atom stereocenters. The molecular weight excluding hydrogens is 471 g/mol. The summed E-state index contributed by atoms with van der Waals surface area (Å²) in [5.74, 6) is 0.758. The lowest BCUT2D eigenvalue weighted by Crippen LogP contribution is -2.40. The van der Waals surface area contributed by atoms with Gasteiger partial charge in [0.15, 0.2) is 0 Å². The summed E-state index contributed by atoms with van der Waals surface area (Å²) in [4.78, 5) is 27.1. The zero-order chi connectivity index (χ0) is 24.1. The van der Waals surface area contributed by atoms with Crippen LogP contribution in [0.25, 0.3) is 5.69 Å². The monoisotopic (exact) mass is 500 g/mol. The highest BCUT2D eigenvalue weighted by molar-refractivity contribution is 6.42. The fourth-order valence-corrected chi connectivity index (χ4v) is 3.50. The molecule has 1 N–H and O–H groups in total. The Morgan fingerprint density at radius 2 is 1.84 bits per heavy atom. The van der Waals surface area contributed by atoms with Gasteiger partial charge in [-0.25, -0.2) is 4.68 Å². The summed E-state index contributed by atoms with van der Waals surface area (Å²) in [7, 11) is 0. The molecule has 0 unspecified atom stereocenters. The summed E-state index contributed by atoms with van der Waals surface area (Å²) in [5, 5.41) is 8.42. The fraction of sp³-hybridized carbons (Fsp3) is 0.522. The molecule has 9 heteroatoms. The van der Waals surface area contributed by atoms with E-state index in [2.05, 4.69) is 10.4 Å². The summed E-state index contributed by atoms with van der Waals surface area (Å²) in [6, 6.07) is 7.00. The third kappa shape index (κ3) is 7.39. The van der Waals surface area contributed by atoms with Crippen molar-refractivity contribution in [3.63, 3.8) is 0 Å². The van der Waals surface area contributed by atoms with Gasteiger partial charge >= 0.3 is 0 Å². The van der Waals surface area contributed by atoms with Gasteiger partial charge in [-0.1, -0.05) is 57.8 Å². The molecular formula is C23H31Cl3N4O2. The molecule has 0 aliphatic rings. The summed E-state index contributed by atoms with van der Waals surface area (Å²) in [5.41, 5.74) is 1.24. The highest BCUT2D eigenvalue weighted by Gasteiger charge is 2.23. The van der Waals surface area contributed by atoms with Gasteiger partial charge < -0.3 is 10.2 Å². The van der Waals surface area contributed by atoms with Crippen LogP contribution in [0.1, 0.15) is 53.2 Å². The predicted molar refractivity (Wildman–Crippen MR) is 132 cm³/mol. The number of halogens is 3. The number of amides is 2. The van der Waals surface area contributed by atoms with Gasteiger partial charge in [0.2, 0.25) is 11.8 Å². The molecule has 0 saturated heterocycles. The molecule has 2 aromatic rings. The average Bonchev–Trinajstić information content (AvgIpc) is 3.11. The maximum Gasteiger partial charge on any atom is 0.245 e. The highest BCUT2D eigenvalue weighted by Crippen LogP contribution is 2.29. The first-order chi connectivity index (χ1) is 14.9. The van der Waals surface area contributed by atoms with Gasteiger partial charge in [-0.3, -0.25) is 9.59 Å². The molecule has 1 heterocycles. The van der Waals surface area contributed by atoms with Crippen molar-refractivity contribution in [2.45, 2.75) is 52.9 Å². The second-order valence-corrected chi connectivity index (χ2v) is 10.4. The Hall–Kier alpha value is -1.76. The van der Waals surface area contributed by atoms with Crippen LogP contribution in [0.15, 0.2) is 24.3 Å². The molecule has 0 spiro atoms. The number of nitrogens with zero attached hydrogens (tertiary/aromatic N) is 3. The minimum atomic E-state index is -0.299. The van der Waals surface area contributed by atoms with Crippen molar-refractivity contribution in [1.29, 1.82) is 0 Å². The Morgan fingerprint density at radius 1 is 1.16 bits per heavy atom. The van der Waals surface area contributed by atoms with Crippen LogP contribution in [0.2, 0.25) is 10.0 Å². The third-order valence-corrected chi connectivity index (χ3v) is 5.70. The van der Waals surface area contributed by atoms with Crippen molar-refractivity contribution in [2.24, 2.45) is 5.92 Å². The molecule has 0 aliphatic carbocycles. The van der Waals surface area contributed by atoms with Gasteiger partial charge in [0, 0.05) is 30.3 Å². The molecule has 0 radical (unpaired) electrons. The van der Waals surface area contributed by atoms with Gasteiger partial charge in [-0.15, -0.1) is 11.6 Å². The van der Waals surface area contributed by atoms with E-state index in [-0.39, 0.29) is 29.7 Å². The largest absolute Gasteiger partial charge is 0.333 e. The van der Waals surface area contributed by atoms with Gasteiger partial charge in [0.05, 0.1) is 28.0 Å². The van der Waals surface area contributed by atoms with E-state index in [0.29, 0.717) is 46.8 Å². The molecule has 1 aromatic heterocycles. The van der Waals surface area contributed by atoms with Crippen LogP contribution in [0, 0.1) is 5.92 Å². The molecule has 2 rings (SSSR count). The van der Waals surface area contributed by atoms with Gasteiger partial charge in [-0.05, 0) is 30.5 Å². The molecule has 1 aromatic carbocycles. The van der Waals surface area contributed by atoms with Crippen LogP contribution in [-0.2, 0) is 15.0 Å². The molecule has 6 nitrogen and oxygen atoms in total. The first-order valence-corrected chi connectivity index (χ1v) is 11.9. The number of benzene rings is 1. The van der Waals surface area contributed by atoms with Crippen LogP contribution >= 0.6 is 34.8 Å². The molecule has 0 fully saturated rings. The Bertz CT molecular complexity index is 951. The van der Waals surface area contributed by atoms with E-state index in [1.165, 1.54) is 0 Å². The molecule has 176 valence electrons.